The fourth-order valence-electron chi connectivity index (χ4n) is 1.26. The van der Waals surface area contributed by atoms with Gasteiger partial charge in [-0.15, -0.1) is 0 Å². The first-order valence-electron chi connectivity index (χ1n) is 4.22. The van der Waals surface area contributed by atoms with Gasteiger partial charge in [-0.2, -0.15) is 12.6 Å². The SMILES string of the molecule is NC(CS)c1nc2ccc(Br)cc2[nH]1. The van der Waals surface area contributed by atoms with Gasteiger partial charge in [-0.25, -0.2) is 4.98 Å². The van der Waals surface area contributed by atoms with Crippen molar-refractivity contribution in [3.63, 3.8) is 0 Å². The van der Waals surface area contributed by atoms with Crippen LogP contribution in [0.1, 0.15) is 11.9 Å². The lowest BCUT2D eigenvalue weighted by atomic mass is 10.3. The summed E-state index contributed by atoms with van der Waals surface area (Å²) in [7, 11) is 0. The monoisotopic (exact) mass is 271 g/mol. The molecular weight excluding hydrogens is 262 g/mol. The topological polar surface area (TPSA) is 54.7 Å². The average Bonchev–Trinajstić information content (AvgIpc) is 2.59. The second kappa shape index (κ2) is 3.92. The predicted molar refractivity (Wildman–Crippen MR) is 64.6 cm³/mol. The van der Waals surface area contributed by atoms with E-state index in [9.17, 15) is 0 Å². The molecular formula is C9H10BrN3S. The first kappa shape index (κ1) is 10.0. The number of nitrogens with two attached hydrogens (primary N) is 1. The van der Waals surface area contributed by atoms with Crippen molar-refractivity contribution in [1.82, 2.24) is 9.97 Å². The molecule has 2 aromatic rings. The number of aromatic amines is 1. The minimum atomic E-state index is -0.135. The molecule has 0 aliphatic heterocycles. The molecule has 0 amide bonds. The number of hydrogen-bond acceptors (Lipinski definition) is 3. The number of nitrogens with one attached hydrogen (secondary N) is 1. The average molecular weight is 272 g/mol. The Morgan fingerprint density at radius 3 is 3.07 bits per heavy atom. The fraction of sp³-hybridized carbons (Fsp3) is 0.222. The van der Waals surface area contributed by atoms with Gasteiger partial charge in [-0.3, -0.25) is 0 Å². The molecule has 1 atom stereocenters. The lowest BCUT2D eigenvalue weighted by Gasteiger charge is -2.01. The van der Waals surface area contributed by atoms with Gasteiger partial charge < -0.3 is 10.7 Å². The third-order valence-electron chi connectivity index (χ3n) is 2.01. The van der Waals surface area contributed by atoms with Gasteiger partial charge in [0.15, 0.2) is 0 Å². The number of benzene rings is 1. The predicted octanol–water partition coefficient (Wildman–Crippen LogP) is 2.25. The highest BCUT2D eigenvalue weighted by Crippen LogP contribution is 2.19. The second-order valence-corrected chi connectivity index (χ2v) is 4.35. The number of imidazole rings is 1. The summed E-state index contributed by atoms with van der Waals surface area (Å²) in [6.07, 6.45) is 0. The van der Waals surface area contributed by atoms with E-state index < -0.39 is 0 Å². The van der Waals surface area contributed by atoms with Crippen LogP contribution in [-0.4, -0.2) is 15.7 Å². The zero-order valence-corrected chi connectivity index (χ0v) is 9.85. The summed E-state index contributed by atoms with van der Waals surface area (Å²) in [5.74, 6) is 1.37. The zero-order valence-electron chi connectivity index (χ0n) is 7.37. The maximum absolute atomic E-state index is 5.81. The number of aromatic nitrogens is 2. The molecule has 0 aliphatic rings. The van der Waals surface area contributed by atoms with Crippen molar-refractivity contribution < 1.29 is 0 Å². The largest absolute Gasteiger partial charge is 0.341 e. The lowest BCUT2D eigenvalue weighted by molar-refractivity contribution is 0.773. The molecule has 0 bridgehead atoms. The van der Waals surface area contributed by atoms with E-state index in [0.717, 1.165) is 21.3 Å². The summed E-state index contributed by atoms with van der Waals surface area (Å²) in [6.45, 7) is 0. The molecule has 0 radical (unpaired) electrons. The van der Waals surface area contributed by atoms with Crippen LogP contribution in [0.25, 0.3) is 11.0 Å². The Bertz CT molecular complexity index is 454. The summed E-state index contributed by atoms with van der Waals surface area (Å²) in [5, 5.41) is 0. The quantitative estimate of drug-likeness (QED) is 0.734. The van der Waals surface area contributed by atoms with Crippen molar-refractivity contribution in [2.45, 2.75) is 6.04 Å². The Kier molecular flexibility index (Phi) is 2.80. The van der Waals surface area contributed by atoms with E-state index in [2.05, 4.69) is 38.5 Å². The van der Waals surface area contributed by atoms with Crippen LogP contribution >= 0.6 is 28.6 Å². The Hall–Kier alpha value is -0.520. The van der Waals surface area contributed by atoms with Crippen LogP contribution < -0.4 is 5.73 Å². The molecule has 1 unspecified atom stereocenters. The lowest BCUT2D eigenvalue weighted by Crippen LogP contribution is -2.13. The number of halogens is 1. The van der Waals surface area contributed by atoms with E-state index in [-0.39, 0.29) is 6.04 Å². The number of thiol groups is 1. The highest BCUT2D eigenvalue weighted by Gasteiger charge is 2.09. The Morgan fingerprint density at radius 1 is 1.57 bits per heavy atom. The number of fused-ring (bicyclic) bond motifs is 1. The van der Waals surface area contributed by atoms with Crippen molar-refractivity contribution in [1.29, 1.82) is 0 Å². The molecule has 1 heterocycles. The molecule has 0 saturated heterocycles. The molecule has 3 nitrogen and oxygen atoms in total. The summed E-state index contributed by atoms with van der Waals surface area (Å²) in [4.78, 5) is 7.55. The summed E-state index contributed by atoms with van der Waals surface area (Å²) in [5.41, 5.74) is 7.74. The molecule has 0 aliphatic carbocycles. The van der Waals surface area contributed by atoms with Crippen LogP contribution in [0.3, 0.4) is 0 Å². The van der Waals surface area contributed by atoms with Crippen LogP contribution in [0.2, 0.25) is 0 Å². The van der Waals surface area contributed by atoms with Gasteiger partial charge in [-0.1, -0.05) is 15.9 Å². The molecule has 5 heteroatoms. The van der Waals surface area contributed by atoms with E-state index in [0.29, 0.717) is 5.75 Å². The Morgan fingerprint density at radius 2 is 2.36 bits per heavy atom. The maximum atomic E-state index is 5.81. The Labute approximate surface area is 95.6 Å². The van der Waals surface area contributed by atoms with Crippen molar-refractivity contribution in [3.8, 4) is 0 Å². The number of nitrogens with zero attached hydrogens (tertiary/aromatic N) is 1. The molecule has 1 aromatic carbocycles. The van der Waals surface area contributed by atoms with Gasteiger partial charge >= 0.3 is 0 Å². The standard InChI is InChI=1S/C9H10BrN3S/c10-5-1-2-7-8(3-5)13-9(12-7)6(11)4-14/h1-3,6,14H,4,11H2,(H,12,13). The summed E-state index contributed by atoms with van der Waals surface area (Å²) in [6, 6.07) is 5.76. The minimum Gasteiger partial charge on any atom is -0.341 e. The molecule has 0 saturated carbocycles. The molecule has 3 N–H and O–H groups in total. The van der Waals surface area contributed by atoms with Gasteiger partial charge in [0, 0.05) is 10.2 Å². The minimum absolute atomic E-state index is 0.135. The summed E-state index contributed by atoms with van der Waals surface area (Å²) >= 11 is 7.54. The third kappa shape index (κ3) is 1.80. The van der Waals surface area contributed by atoms with Crippen LogP contribution in [0.5, 0.6) is 0 Å². The van der Waals surface area contributed by atoms with Gasteiger partial charge in [0.1, 0.15) is 5.82 Å². The van der Waals surface area contributed by atoms with Crippen molar-refractivity contribution in [2.24, 2.45) is 5.73 Å². The smallest absolute Gasteiger partial charge is 0.125 e. The zero-order chi connectivity index (χ0) is 10.1. The first-order chi connectivity index (χ1) is 6.70. The van der Waals surface area contributed by atoms with Crippen molar-refractivity contribution in [2.75, 3.05) is 5.75 Å². The molecule has 14 heavy (non-hydrogen) atoms. The van der Waals surface area contributed by atoms with Crippen LogP contribution in [0, 0.1) is 0 Å². The van der Waals surface area contributed by atoms with E-state index in [1.165, 1.54) is 0 Å². The second-order valence-electron chi connectivity index (χ2n) is 3.07. The van der Waals surface area contributed by atoms with Crippen LogP contribution in [-0.2, 0) is 0 Å². The molecule has 1 aromatic heterocycles. The normalized spacial score (nSPS) is 13.4. The number of rotatable bonds is 2. The third-order valence-corrected chi connectivity index (χ3v) is 2.90. The number of hydrogen-bond donors (Lipinski definition) is 3. The molecule has 2 rings (SSSR count). The van der Waals surface area contributed by atoms with Gasteiger partial charge in [0.25, 0.3) is 0 Å². The molecule has 0 fully saturated rings. The van der Waals surface area contributed by atoms with Crippen molar-refractivity contribution >= 4 is 39.6 Å². The van der Waals surface area contributed by atoms with Gasteiger partial charge in [0.2, 0.25) is 0 Å². The van der Waals surface area contributed by atoms with Gasteiger partial charge in [-0.05, 0) is 18.2 Å². The maximum Gasteiger partial charge on any atom is 0.125 e. The number of H-pyrrole nitrogens is 1. The van der Waals surface area contributed by atoms with Crippen LogP contribution in [0.15, 0.2) is 22.7 Å². The van der Waals surface area contributed by atoms with E-state index >= 15 is 0 Å². The van der Waals surface area contributed by atoms with Crippen molar-refractivity contribution in [3.05, 3.63) is 28.5 Å². The highest BCUT2D eigenvalue weighted by atomic mass is 79.9. The van der Waals surface area contributed by atoms with E-state index in [1.807, 2.05) is 18.2 Å². The first-order valence-corrected chi connectivity index (χ1v) is 5.65. The van der Waals surface area contributed by atoms with E-state index in [4.69, 9.17) is 5.73 Å². The molecule has 74 valence electrons. The van der Waals surface area contributed by atoms with Gasteiger partial charge in [0.05, 0.1) is 17.1 Å². The molecule has 0 spiro atoms. The Balaban J connectivity index is 2.51. The fourth-order valence-corrected chi connectivity index (χ4v) is 1.80. The van der Waals surface area contributed by atoms with Crippen LogP contribution in [0.4, 0.5) is 0 Å². The highest BCUT2D eigenvalue weighted by molar-refractivity contribution is 9.10. The van der Waals surface area contributed by atoms with E-state index in [1.54, 1.807) is 0 Å². The summed E-state index contributed by atoms with van der Waals surface area (Å²) < 4.78 is 1.03.